The summed E-state index contributed by atoms with van der Waals surface area (Å²) in [5, 5.41) is 7.49. The van der Waals surface area contributed by atoms with Crippen molar-refractivity contribution in [1.82, 2.24) is 20.4 Å². The van der Waals surface area contributed by atoms with Crippen molar-refractivity contribution in [2.24, 2.45) is 0 Å². The van der Waals surface area contributed by atoms with E-state index in [1.165, 1.54) is 0 Å². The van der Waals surface area contributed by atoms with Crippen molar-refractivity contribution >= 4 is 12.2 Å². The second-order valence-corrected chi connectivity index (χ2v) is 6.87. The number of likely N-dealkylation sites (N-methyl/N-ethyl adjacent to an activating group) is 1. The third kappa shape index (κ3) is 4.65. The number of aromatic nitrogens is 2. The molecule has 1 N–H and O–H groups in total. The summed E-state index contributed by atoms with van der Waals surface area (Å²) < 4.78 is 11.2. The van der Waals surface area contributed by atoms with Gasteiger partial charge < -0.3 is 14.6 Å². The van der Waals surface area contributed by atoms with Gasteiger partial charge in [0.05, 0.1) is 6.04 Å². The first-order valence-electron chi connectivity index (χ1n) is 9.47. The van der Waals surface area contributed by atoms with E-state index in [1.807, 2.05) is 54.6 Å². The zero-order valence-corrected chi connectivity index (χ0v) is 15.9. The predicted molar refractivity (Wildman–Crippen MR) is 109 cm³/mol. The van der Waals surface area contributed by atoms with Crippen molar-refractivity contribution in [2.45, 2.75) is 12.6 Å². The summed E-state index contributed by atoms with van der Waals surface area (Å²) in [5.74, 6) is 2.08. The van der Waals surface area contributed by atoms with E-state index >= 15 is 0 Å². The highest BCUT2D eigenvalue weighted by Crippen LogP contribution is 2.19. The monoisotopic (exact) mass is 376 g/mol. The number of hydrogen-bond acceptors (Lipinski definition) is 6. The van der Waals surface area contributed by atoms with Crippen LogP contribution in [0.25, 0.3) is 12.2 Å². The zero-order valence-electron chi connectivity index (χ0n) is 15.9. The van der Waals surface area contributed by atoms with Gasteiger partial charge in [0.25, 0.3) is 5.89 Å². The van der Waals surface area contributed by atoms with Crippen molar-refractivity contribution in [3.63, 3.8) is 0 Å². The number of nitrogens with zero attached hydrogens (tertiary/aromatic N) is 3. The number of nitrogens with one attached hydrogen (secondary N) is 1. The van der Waals surface area contributed by atoms with Crippen molar-refractivity contribution in [3.05, 3.63) is 77.4 Å². The van der Waals surface area contributed by atoms with Crippen LogP contribution >= 0.6 is 0 Å². The smallest absolute Gasteiger partial charge is 0.250 e. The molecule has 6 nitrogen and oxygen atoms in total. The first-order valence-corrected chi connectivity index (χ1v) is 9.47. The summed E-state index contributed by atoms with van der Waals surface area (Å²) in [6.45, 7) is 3.36. The van der Waals surface area contributed by atoms with Gasteiger partial charge in [0.15, 0.2) is 5.82 Å². The Bertz CT molecular complexity index is 906. The van der Waals surface area contributed by atoms with Crippen LogP contribution in [0.2, 0.25) is 0 Å². The largest absolute Gasteiger partial charge is 0.489 e. The molecule has 0 spiro atoms. The predicted octanol–water partition coefficient (Wildman–Crippen LogP) is 3.40. The molecule has 1 saturated heterocycles. The second kappa shape index (κ2) is 8.82. The third-order valence-corrected chi connectivity index (χ3v) is 4.81. The quantitative estimate of drug-likeness (QED) is 0.711. The average Bonchev–Trinajstić information content (AvgIpc) is 3.21. The van der Waals surface area contributed by atoms with E-state index in [-0.39, 0.29) is 6.04 Å². The first kappa shape index (κ1) is 18.4. The summed E-state index contributed by atoms with van der Waals surface area (Å²) in [5.41, 5.74) is 2.20. The minimum Gasteiger partial charge on any atom is -0.489 e. The molecular formula is C22H24N4O2. The van der Waals surface area contributed by atoms with Crippen molar-refractivity contribution in [1.29, 1.82) is 0 Å². The van der Waals surface area contributed by atoms with Crippen LogP contribution in [0.4, 0.5) is 0 Å². The van der Waals surface area contributed by atoms with Gasteiger partial charge in [0.1, 0.15) is 12.4 Å². The Kier molecular flexibility index (Phi) is 5.80. The molecule has 144 valence electrons. The van der Waals surface area contributed by atoms with E-state index in [2.05, 4.69) is 39.5 Å². The first-order chi connectivity index (χ1) is 13.8. The van der Waals surface area contributed by atoms with Gasteiger partial charge in [-0.05, 0) is 36.4 Å². The molecule has 28 heavy (non-hydrogen) atoms. The molecular weight excluding hydrogens is 352 g/mol. The van der Waals surface area contributed by atoms with Crippen LogP contribution in [0.3, 0.4) is 0 Å². The highest BCUT2D eigenvalue weighted by atomic mass is 16.5. The van der Waals surface area contributed by atoms with Crippen LogP contribution in [0.5, 0.6) is 5.75 Å². The topological polar surface area (TPSA) is 63.4 Å². The molecule has 1 aromatic heterocycles. The molecule has 1 atom stereocenters. The fourth-order valence-corrected chi connectivity index (χ4v) is 3.13. The lowest BCUT2D eigenvalue weighted by molar-refractivity contribution is 0.190. The lowest BCUT2D eigenvalue weighted by Crippen LogP contribution is -2.44. The van der Waals surface area contributed by atoms with Crippen LogP contribution in [0, 0.1) is 0 Å². The van der Waals surface area contributed by atoms with E-state index < -0.39 is 0 Å². The summed E-state index contributed by atoms with van der Waals surface area (Å²) >= 11 is 0. The SMILES string of the molecule is CN1CCNCC1c1noc(/C=C/c2ccc(OCc3ccccc3)cc2)n1. The van der Waals surface area contributed by atoms with Gasteiger partial charge in [-0.25, -0.2) is 0 Å². The van der Waals surface area contributed by atoms with Gasteiger partial charge in [-0.15, -0.1) is 0 Å². The number of rotatable bonds is 6. The standard InChI is InChI=1S/C22H24N4O2/c1-26-14-13-23-15-20(26)22-24-21(28-25-22)12-9-17-7-10-19(11-8-17)27-16-18-5-3-2-4-6-18/h2-12,20,23H,13-16H2,1H3/b12-9+. The normalized spacial score (nSPS) is 17.8. The lowest BCUT2D eigenvalue weighted by atomic mass is 10.2. The summed E-state index contributed by atoms with van der Waals surface area (Å²) in [4.78, 5) is 6.75. The number of piperazine rings is 1. The summed E-state index contributed by atoms with van der Waals surface area (Å²) in [6, 6.07) is 18.2. The van der Waals surface area contributed by atoms with E-state index in [1.54, 1.807) is 0 Å². The molecule has 1 aliphatic rings. The Morgan fingerprint density at radius 1 is 1.14 bits per heavy atom. The maximum absolute atomic E-state index is 5.81. The molecule has 0 saturated carbocycles. The van der Waals surface area contributed by atoms with Gasteiger partial charge in [-0.2, -0.15) is 4.98 Å². The Balaban J connectivity index is 1.34. The molecule has 4 rings (SSSR count). The summed E-state index contributed by atoms with van der Waals surface area (Å²) in [6.07, 6.45) is 3.80. The Morgan fingerprint density at radius 3 is 2.75 bits per heavy atom. The van der Waals surface area contributed by atoms with E-state index in [0.29, 0.717) is 12.5 Å². The van der Waals surface area contributed by atoms with Crippen LogP contribution in [0.15, 0.2) is 59.1 Å². The van der Waals surface area contributed by atoms with Crippen LogP contribution in [-0.4, -0.2) is 41.7 Å². The fraction of sp³-hybridized carbons (Fsp3) is 0.273. The van der Waals surface area contributed by atoms with Gasteiger partial charge in [0, 0.05) is 25.7 Å². The fourth-order valence-electron chi connectivity index (χ4n) is 3.13. The minimum atomic E-state index is 0.153. The van der Waals surface area contributed by atoms with Crippen molar-refractivity contribution in [3.8, 4) is 5.75 Å². The van der Waals surface area contributed by atoms with Gasteiger partial charge in [0.2, 0.25) is 0 Å². The Hall–Kier alpha value is -2.96. The molecule has 2 heterocycles. The molecule has 0 aliphatic carbocycles. The van der Waals surface area contributed by atoms with E-state index in [4.69, 9.17) is 9.26 Å². The van der Waals surface area contributed by atoms with Crippen LogP contribution in [-0.2, 0) is 6.61 Å². The van der Waals surface area contributed by atoms with Crippen molar-refractivity contribution in [2.75, 3.05) is 26.7 Å². The Labute approximate surface area is 164 Å². The number of benzene rings is 2. The molecule has 0 amide bonds. The molecule has 3 aromatic rings. The highest BCUT2D eigenvalue weighted by Gasteiger charge is 2.24. The number of ether oxygens (including phenoxy) is 1. The maximum Gasteiger partial charge on any atom is 0.250 e. The molecule has 6 heteroatoms. The van der Waals surface area contributed by atoms with Gasteiger partial charge >= 0.3 is 0 Å². The van der Waals surface area contributed by atoms with Crippen LogP contribution in [0.1, 0.15) is 28.9 Å². The van der Waals surface area contributed by atoms with Crippen LogP contribution < -0.4 is 10.1 Å². The van der Waals surface area contributed by atoms with Crippen molar-refractivity contribution < 1.29 is 9.26 Å². The summed E-state index contributed by atoms with van der Waals surface area (Å²) in [7, 11) is 2.08. The number of hydrogen-bond donors (Lipinski definition) is 1. The minimum absolute atomic E-state index is 0.153. The van der Waals surface area contributed by atoms with Gasteiger partial charge in [-0.3, -0.25) is 4.90 Å². The molecule has 2 aromatic carbocycles. The zero-order chi connectivity index (χ0) is 19.2. The average molecular weight is 376 g/mol. The molecule has 1 unspecified atom stereocenters. The third-order valence-electron chi connectivity index (χ3n) is 4.81. The van der Waals surface area contributed by atoms with E-state index in [9.17, 15) is 0 Å². The molecule has 0 radical (unpaired) electrons. The Morgan fingerprint density at radius 2 is 1.96 bits per heavy atom. The molecule has 1 aliphatic heterocycles. The van der Waals surface area contributed by atoms with E-state index in [0.717, 1.165) is 42.3 Å². The lowest BCUT2D eigenvalue weighted by Gasteiger charge is -2.30. The molecule has 1 fully saturated rings. The maximum atomic E-state index is 5.81. The van der Waals surface area contributed by atoms with Gasteiger partial charge in [-0.1, -0.05) is 47.6 Å². The molecule has 0 bridgehead atoms. The highest BCUT2D eigenvalue weighted by molar-refractivity contribution is 5.66. The second-order valence-electron chi connectivity index (χ2n) is 6.87.